The van der Waals surface area contributed by atoms with Crippen LogP contribution < -0.4 is 15.4 Å². The molecule has 4 aromatic rings. The molecule has 1 amide bonds. The highest BCUT2D eigenvalue weighted by atomic mass is 35.5. The molecule has 0 atom stereocenters. The molecule has 0 fully saturated rings. The van der Waals surface area contributed by atoms with Crippen LogP contribution in [-0.4, -0.2) is 41.1 Å². The SMILES string of the molecule is CN(c1cccnc1)S(=O)(=O)c1ccccc1-n1ncc(C(=O)Nc2ccc(Cl)cn2)c1N. The van der Waals surface area contributed by atoms with Gasteiger partial charge in [0.2, 0.25) is 0 Å². The topological polar surface area (TPSA) is 136 Å². The van der Waals surface area contributed by atoms with E-state index >= 15 is 0 Å². The number of aromatic nitrogens is 4. The number of nitrogens with one attached hydrogen (secondary N) is 1. The van der Waals surface area contributed by atoms with Crippen molar-refractivity contribution in [3.8, 4) is 5.69 Å². The Balaban J connectivity index is 1.70. The summed E-state index contributed by atoms with van der Waals surface area (Å²) in [6.07, 6.45) is 5.64. The molecule has 0 saturated heterocycles. The van der Waals surface area contributed by atoms with E-state index < -0.39 is 15.9 Å². The van der Waals surface area contributed by atoms with Gasteiger partial charge in [-0.05, 0) is 36.4 Å². The average molecular weight is 484 g/mol. The van der Waals surface area contributed by atoms with Crippen molar-refractivity contribution in [3.63, 3.8) is 0 Å². The van der Waals surface area contributed by atoms with Gasteiger partial charge in [-0.25, -0.2) is 18.1 Å². The van der Waals surface area contributed by atoms with E-state index in [0.29, 0.717) is 10.7 Å². The van der Waals surface area contributed by atoms with E-state index in [4.69, 9.17) is 17.3 Å². The maximum Gasteiger partial charge on any atom is 0.266 e. The van der Waals surface area contributed by atoms with Gasteiger partial charge in [-0.15, -0.1) is 0 Å². The summed E-state index contributed by atoms with van der Waals surface area (Å²) in [6.45, 7) is 0. The third kappa shape index (κ3) is 4.36. The van der Waals surface area contributed by atoms with Crippen LogP contribution in [0.5, 0.6) is 0 Å². The molecule has 0 aliphatic carbocycles. The fourth-order valence-electron chi connectivity index (χ4n) is 3.03. The van der Waals surface area contributed by atoms with Gasteiger partial charge in [0.15, 0.2) is 0 Å². The lowest BCUT2D eigenvalue weighted by Gasteiger charge is -2.21. The Morgan fingerprint density at radius 3 is 2.58 bits per heavy atom. The van der Waals surface area contributed by atoms with Crippen LogP contribution in [0.2, 0.25) is 5.02 Å². The molecule has 0 saturated carbocycles. The first kappa shape index (κ1) is 22.2. The summed E-state index contributed by atoms with van der Waals surface area (Å²) in [5.41, 5.74) is 6.82. The number of nitrogens with two attached hydrogens (primary N) is 1. The van der Waals surface area contributed by atoms with E-state index in [0.717, 1.165) is 4.31 Å². The Kier molecular flexibility index (Phi) is 5.99. The Hall–Kier alpha value is -3.96. The number of halogens is 1. The lowest BCUT2D eigenvalue weighted by atomic mass is 10.3. The second-order valence-corrected chi connectivity index (χ2v) is 9.20. The fraction of sp³-hybridized carbons (Fsp3) is 0.0476. The second-order valence-electron chi connectivity index (χ2n) is 6.82. The Morgan fingerprint density at radius 2 is 1.88 bits per heavy atom. The third-order valence-electron chi connectivity index (χ3n) is 4.76. The van der Waals surface area contributed by atoms with Crippen LogP contribution in [0.25, 0.3) is 5.69 Å². The summed E-state index contributed by atoms with van der Waals surface area (Å²) in [5, 5.41) is 7.19. The molecule has 3 heterocycles. The molecule has 33 heavy (non-hydrogen) atoms. The molecule has 168 valence electrons. The number of sulfonamides is 1. The summed E-state index contributed by atoms with van der Waals surface area (Å²) in [6, 6.07) is 12.6. The van der Waals surface area contributed by atoms with Gasteiger partial charge < -0.3 is 11.1 Å². The molecule has 3 aromatic heterocycles. The summed E-state index contributed by atoms with van der Waals surface area (Å²) >= 11 is 5.81. The molecule has 0 aliphatic rings. The van der Waals surface area contributed by atoms with Crippen LogP contribution >= 0.6 is 11.6 Å². The number of nitrogens with zero attached hydrogens (tertiary/aromatic N) is 5. The average Bonchev–Trinajstić information content (AvgIpc) is 3.21. The van der Waals surface area contributed by atoms with Crippen molar-refractivity contribution in [1.82, 2.24) is 19.7 Å². The van der Waals surface area contributed by atoms with Crippen LogP contribution in [0, 0.1) is 0 Å². The first-order valence-corrected chi connectivity index (χ1v) is 11.4. The number of hydrogen-bond acceptors (Lipinski definition) is 7. The Bertz CT molecular complexity index is 1410. The van der Waals surface area contributed by atoms with Crippen molar-refractivity contribution in [2.75, 3.05) is 22.4 Å². The maximum atomic E-state index is 13.4. The number of para-hydroxylation sites is 1. The van der Waals surface area contributed by atoms with Crippen LogP contribution in [0.1, 0.15) is 10.4 Å². The van der Waals surface area contributed by atoms with Crippen molar-refractivity contribution in [1.29, 1.82) is 0 Å². The standard InChI is InChI=1S/C21H18ClN7O3S/c1-28(15-5-4-10-24-12-15)33(31,32)18-7-3-2-6-17(18)29-20(23)16(13-26-29)21(30)27-19-9-8-14(22)11-25-19/h2-13H,23H2,1H3,(H,25,27,30). The zero-order valence-corrected chi connectivity index (χ0v) is 18.8. The molecule has 4 rings (SSSR count). The predicted octanol–water partition coefficient (Wildman–Crippen LogP) is 2.98. The highest BCUT2D eigenvalue weighted by molar-refractivity contribution is 7.93. The first-order chi connectivity index (χ1) is 15.8. The predicted molar refractivity (Wildman–Crippen MR) is 125 cm³/mol. The van der Waals surface area contributed by atoms with Crippen molar-refractivity contribution in [3.05, 3.63) is 83.9 Å². The van der Waals surface area contributed by atoms with Gasteiger partial charge in [0.25, 0.3) is 15.9 Å². The van der Waals surface area contributed by atoms with Crippen LogP contribution in [0.15, 0.2) is 78.2 Å². The number of carbonyl (C=O) groups excluding carboxylic acids is 1. The van der Waals surface area contributed by atoms with E-state index in [1.165, 1.54) is 42.5 Å². The van der Waals surface area contributed by atoms with Gasteiger partial charge in [-0.3, -0.25) is 14.1 Å². The maximum absolute atomic E-state index is 13.4. The summed E-state index contributed by atoms with van der Waals surface area (Å²) in [4.78, 5) is 20.6. The molecule has 0 spiro atoms. The van der Waals surface area contributed by atoms with E-state index in [-0.39, 0.29) is 27.8 Å². The monoisotopic (exact) mass is 483 g/mol. The van der Waals surface area contributed by atoms with Crippen LogP contribution in [0.3, 0.4) is 0 Å². The summed E-state index contributed by atoms with van der Waals surface area (Å²) < 4.78 is 29.0. The minimum absolute atomic E-state index is 0.0341. The molecule has 3 N–H and O–H groups in total. The Morgan fingerprint density at radius 1 is 1.09 bits per heavy atom. The van der Waals surface area contributed by atoms with Gasteiger partial charge in [0.1, 0.15) is 22.1 Å². The molecule has 12 heteroatoms. The largest absolute Gasteiger partial charge is 0.383 e. The number of carbonyl (C=O) groups is 1. The minimum Gasteiger partial charge on any atom is -0.383 e. The molecule has 0 unspecified atom stereocenters. The van der Waals surface area contributed by atoms with Crippen molar-refractivity contribution < 1.29 is 13.2 Å². The van der Waals surface area contributed by atoms with Gasteiger partial charge in [-0.1, -0.05) is 23.7 Å². The minimum atomic E-state index is -4.00. The lowest BCUT2D eigenvalue weighted by Crippen LogP contribution is -2.28. The molecule has 10 nitrogen and oxygen atoms in total. The lowest BCUT2D eigenvalue weighted by molar-refractivity contribution is 0.102. The smallest absolute Gasteiger partial charge is 0.266 e. The summed E-state index contributed by atoms with van der Waals surface area (Å²) in [7, 11) is -2.57. The number of benzene rings is 1. The van der Waals surface area contributed by atoms with E-state index in [9.17, 15) is 13.2 Å². The molecule has 1 aromatic carbocycles. The zero-order chi connectivity index (χ0) is 23.6. The molecular weight excluding hydrogens is 466 g/mol. The number of rotatable bonds is 6. The van der Waals surface area contributed by atoms with Gasteiger partial charge in [-0.2, -0.15) is 5.10 Å². The van der Waals surface area contributed by atoms with Gasteiger partial charge in [0, 0.05) is 19.4 Å². The van der Waals surface area contributed by atoms with E-state index in [1.54, 1.807) is 42.6 Å². The van der Waals surface area contributed by atoms with E-state index in [1.807, 2.05) is 0 Å². The third-order valence-corrected chi connectivity index (χ3v) is 6.82. The molecule has 0 aliphatic heterocycles. The summed E-state index contributed by atoms with van der Waals surface area (Å²) in [5.74, 6) is -0.313. The first-order valence-electron chi connectivity index (χ1n) is 9.54. The second kappa shape index (κ2) is 8.88. The number of anilines is 3. The molecular formula is C21H18ClN7O3S. The molecule has 0 radical (unpaired) electrons. The number of pyridine rings is 2. The van der Waals surface area contributed by atoms with Crippen molar-refractivity contribution in [2.45, 2.75) is 4.90 Å². The van der Waals surface area contributed by atoms with Gasteiger partial charge >= 0.3 is 0 Å². The number of nitrogen functional groups attached to an aromatic ring is 1. The zero-order valence-electron chi connectivity index (χ0n) is 17.3. The highest BCUT2D eigenvalue weighted by Gasteiger charge is 2.27. The normalized spacial score (nSPS) is 11.2. The van der Waals surface area contributed by atoms with E-state index in [2.05, 4.69) is 20.4 Å². The highest BCUT2D eigenvalue weighted by Crippen LogP contribution is 2.28. The fourth-order valence-corrected chi connectivity index (χ4v) is 4.50. The van der Waals surface area contributed by atoms with Crippen LogP contribution in [-0.2, 0) is 10.0 Å². The quantitative estimate of drug-likeness (QED) is 0.430. The Labute approximate surface area is 194 Å². The van der Waals surface area contributed by atoms with Gasteiger partial charge in [0.05, 0.1) is 28.8 Å². The van der Waals surface area contributed by atoms with Crippen molar-refractivity contribution >= 4 is 44.9 Å². The van der Waals surface area contributed by atoms with Crippen LogP contribution in [0.4, 0.5) is 17.3 Å². The molecule has 0 bridgehead atoms. The number of amides is 1. The van der Waals surface area contributed by atoms with Crippen molar-refractivity contribution in [2.24, 2.45) is 0 Å². The number of hydrogen-bond donors (Lipinski definition) is 2.